The Hall–Kier alpha value is -1.41. The van der Waals surface area contributed by atoms with Crippen molar-refractivity contribution < 1.29 is 32.0 Å². The molecule has 0 radical (unpaired) electrons. The van der Waals surface area contributed by atoms with Crippen LogP contribution in [0, 0.1) is 0 Å². The van der Waals surface area contributed by atoms with E-state index < -0.39 is 33.7 Å². The molecule has 0 rings (SSSR count). The Balaban J connectivity index is 3.62. The minimum absolute atomic E-state index is 0.163. The molecule has 0 heterocycles. The van der Waals surface area contributed by atoms with Crippen LogP contribution in [-0.2, 0) is 29.2 Å². The van der Waals surface area contributed by atoms with Gasteiger partial charge in [0.2, 0.25) is 0 Å². The van der Waals surface area contributed by atoms with Crippen molar-refractivity contribution in [1.29, 1.82) is 0 Å². The second kappa shape index (κ2) is 22.8. The Morgan fingerprint density at radius 3 is 1.47 bits per heavy atom. The molecule has 0 aromatic rings. The number of hydrogen-bond donors (Lipinski definition) is 1. The van der Waals surface area contributed by atoms with Crippen molar-refractivity contribution in [3.8, 4) is 0 Å². The number of rotatable bonds is 25. The molecule has 0 aliphatic heterocycles. The van der Waals surface area contributed by atoms with Crippen molar-refractivity contribution >= 4 is 22.1 Å². The van der Waals surface area contributed by atoms with Crippen LogP contribution in [0.4, 0.5) is 0 Å². The van der Waals surface area contributed by atoms with E-state index in [1.165, 1.54) is 89.9 Å². The first-order valence-corrected chi connectivity index (χ1v) is 15.6. The summed E-state index contributed by atoms with van der Waals surface area (Å²) < 4.78 is 41.9. The Morgan fingerprint density at radius 2 is 1.11 bits per heavy atom. The molecule has 0 bridgehead atoms. The van der Waals surface area contributed by atoms with Crippen LogP contribution >= 0.6 is 0 Å². The van der Waals surface area contributed by atoms with Gasteiger partial charge in [-0.3, -0.25) is 14.1 Å². The van der Waals surface area contributed by atoms with E-state index in [1.54, 1.807) is 6.92 Å². The zero-order chi connectivity index (χ0) is 27.1. The van der Waals surface area contributed by atoms with Crippen molar-refractivity contribution in [3.63, 3.8) is 0 Å². The standard InChI is InChI=1S/C28H52O7S/c1-4-5-6-7-8-9-10-11-12-13-14-15-16-17-18-19-20-21-22-34-27(29)23-26(36(31,32)33)28(30)35-24-25(2)3/h26H,2,4-24H2,1,3H3,(H,31,32,33). The van der Waals surface area contributed by atoms with Crippen LogP contribution in [0.2, 0.25) is 0 Å². The highest BCUT2D eigenvalue weighted by atomic mass is 32.2. The van der Waals surface area contributed by atoms with Gasteiger partial charge in [0.1, 0.15) is 6.61 Å². The van der Waals surface area contributed by atoms with Gasteiger partial charge in [-0.15, -0.1) is 0 Å². The van der Waals surface area contributed by atoms with E-state index in [1.807, 2.05) is 0 Å². The lowest BCUT2D eigenvalue weighted by molar-refractivity contribution is -0.149. The molecule has 36 heavy (non-hydrogen) atoms. The van der Waals surface area contributed by atoms with Crippen LogP contribution in [-0.4, -0.2) is 43.4 Å². The van der Waals surface area contributed by atoms with Gasteiger partial charge in [0, 0.05) is 0 Å². The Labute approximate surface area is 220 Å². The second-order valence-electron chi connectivity index (χ2n) is 10.0. The average molecular weight is 533 g/mol. The molecule has 0 aliphatic carbocycles. The van der Waals surface area contributed by atoms with Crippen LogP contribution in [0.25, 0.3) is 0 Å². The largest absolute Gasteiger partial charge is 0.466 e. The van der Waals surface area contributed by atoms with Gasteiger partial charge < -0.3 is 9.47 Å². The predicted molar refractivity (Wildman–Crippen MR) is 145 cm³/mol. The lowest BCUT2D eigenvalue weighted by Gasteiger charge is -2.13. The summed E-state index contributed by atoms with van der Waals surface area (Å²) in [5, 5.41) is -1.98. The van der Waals surface area contributed by atoms with Crippen LogP contribution in [0.1, 0.15) is 136 Å². The molecular formula is C28H52O7S. The van der Waals surface area contributed by atoms with Gasteiger partial charge in [0.05, 0.1) is 13.0 Å². The molecule has 8 heteroatoms. The predicted octanol–water partition coefficient (Wildman–Crippen LogP) is 7.34. The summed E-state index contributed by atoms with van der Waals surface area (Å²) in [6.45, 7) is 7.38. The summed E-state index contributed by atoms with van der Waals surface area (Å²) in [6, 6.07) is 0. The maximum absolute atomic E-state index is 11.9. The molecule has 0 saturated carbocycles. The van der Waals surface area contributed by atoms with E-state index in [9.17, 15) is 22.6 Å². The van der Waals surface area contributed by atoms with Gasteiger partial charge in [-0.05, 0) is 18.9 Å². The van der Waals surface area contributed by atoms with Crippen molar-refractivity contribution in [1.82, 2.24) is 0 Å². The first-order chi connectivity index (χ1) is 17.2. The normalized spacial score (nSPS) is 12.3. The molecule has 7 nitrogen and oxygen atoms in total. The summed E-state index contributed by atoms with van der Waals surface area (Å²) in [5.74, 6) is -2.04. The maximum atomic E-state index is 11.9. The molecular weight excluding hydrogens is 480 g/mol. The van der Waals surface area contributed by atoms with Crippen molar-refractivity contribution in [2.75, 3.05) is 13.2 Å². The van der Waals surface area contributed by atoms with Crippen molar-refractivity contribution in [2.45, 2.75) is 141 Å². The van der Waals surface area contributed by atoms with E-state index in [4.69, 9.17) is 9.47 Å². The number of carbonyl (C=O) groups excluding carboxylic acids is 2. The smallest absolute Gasteiger partial charge is 0.327 e. The lowest BCUT2D eigenvalue weighted by atomic mass is 10.0. The third kappa shape index (κ3) is 21.8. The molecule has 1 N–H and O–H groups in total. The van der Waals surface area contributed by atoms with Gasteiger partial charge >= 0.3 is 11.9 Å². The SMILES string of the molecule is C=C(C)COC(=O)C(CC(=O)OCCCCCCCCCCCCCCCCCCCC)S(=O)(=O)O. The monoisotopic (exact) mass is 532 g/mol. The van der Waals surface area contributed by atoms with Gasteiger partial charge in [-0.2, -0.15) is 8.42 Å². The fourth-order valence-electron chi connectivity index (χ4n) is 4.00. The summed E-state index contributed by atoms with van der Waals surface area (Å²) in [5.41, 5.74) is 0.508. The Kier molecular flexibility index (Phi) is 21.9. The van der Waals surface area contributed by atoms with E-state index in [-0.39, 0.29) is 13.2 Å². The first kappa shape index (κ1) is 34.6. The van der Waals surface area contributed by atoms with Gasteiger partial charge in [-0.25, -0.2) is 0 Å². The van der Waals surface area contributed by atoms with Crippen LogP contribution in [0.3, 0.4) is 0 Å². The summed E-state index contributed by atoms with van der Waals surface area (Å²) in [7, 11) is -4.78. The third-order valence-electron chi connectivity index (χ3n) is 6.20. The highest BCUT2D eigenvalue weighted by Gasteiger charge is 2.35. The van der Waals surface area contributed by atoms with Gasteiger partial charge in [-0.1, -0.05) is 123 Å². The molecule has 212 valence electrons. The summed E-state index contributed by atoms with van der Waals surface area (Å²) >= 11 is 0. The topological polar surface area (TPSA) is 107 Å². The maximum Gasteiger partial charge on any atom is 0.327 e. The minimum atomic E-state index is -4.78. The lowest BCUT2D eigenvalue weighted by Crippen LogP contribution is -2.34. The molecule has 0 spiro atoms. The second-order valence-corrected chi connectivity index (χ2v) is 11.6. The zero-order valence-corrected chi connectivity index (χ0v) is 23.8. The Morgan fingerprint density at radius 1 is 0.722 bits per heavy atom. The fraction of sp³-hybridized carbons (Fsp3) is 0.857. The number of carbonyl (C=O) groups is 2. The van der Waals surface area contributed by atoms with Crippen molar-refractivity contribution in [2.24, 2.45) is 0 Å². The van der Waals surface area contributed by atoms with E-state index in [0.717, 1.165) is 19.3 Å². The highest BCUT2D eigenvalue weighted by molar-refractivity contribution is 7.87. The molecule has 0 fully saturated rings. The van der Waals surface area contributed by atoms with E-state index in [0.29, 0.717) is 12.0 Å². The van der Waals surface area contributed by atoms with Gasteiger partial charge in [0.15, 0.2) is 5.25 Å². The minimum Gasteiger partial charge on any atom is -0.466 e. The summed E-state index contributed by atoms with van der Waals surface area (Å²) in [4.78, 5) is 23.8. The van der Waals surface area contributed by atoms with E-state index in [2.05, 4.69) is 13.5 Å². The van der Waals surface area contributed by atoms with Crippen molar-refractivity contribution in [3.05, 3.63) is 12.2 Å². The fourth-order valence-corrected chi connectivity index (χ4v) is 4.66. The molecule has 0 amide bonds. The number of ether oxygens (including phenoxy) is 2. The van der Waals surface area contributed by atoms with Gasteiger partial charge in [0.25, 0.3) is 10.1 Å². The van der Waals surface area contributed by atoms with Crippen LogP contribution in [0.15, 0.2) is 12.2 Å². The highest BCUT2D eigenvalue weighted by Crippen LogP contribution is 2.15. The molecule has 0 aromatic heterocycles. The molecule has 0 aliphatic rings. The molecule has 1 atom stereocenters. The van der Waals surface area contributed by atoms with Crippen LogP contribution < -0.4 is 0 Å². The first-order valence-electron chi connectivity index (χ1n) is 14.1. The quantitative estimate of drug-likeness (QED) is 0.0567. The number of unbranched alkanes of at least 4 members (excludes halogenated alkanes) is 17. The number of esters is 2. The van der Waals surface area contributed by atoms with Crippen LogP contribution in [0.5, 0.6) is 0 Å². The molecule has 1 unspecified atom stereocenters. The molecule has 0 aromatic carbocycles. The third-order valence-corrected chi connectivity index (χ3v) is 7.27. The average Bonchev–Trinajstić information content (AvgIpc) is 2.81. The summed E-state index contributed by atoms with van der Waals surface area (Å²) in [6.07, 6.45) is 22.0. The van der Waals surface area contributed by atoms with E-state index >= 15 is 0 Å². The Bertz CT molecular complexity index is 688. The zero-order valence-electron chi connectivity index (χ0n) is 22.9. The number of hydrogen-bond acceptors (Lipinski definition) is 6. The molecule has 0 saturated heterocycles.